The minimum Gasteiger partial charge on any atom is -0.421 e. The topological polar surface area (TPSA) is 50.1 Å². The molecule has 3 nitrogen and oxygen atoms in total. The molecule has 0 saturated heterocycles. The highest BCUT2D eigenvalue weighted by Crippen LogP contribution is 2.21. The molecule has 0 N–H and O–H groups in total. The third-order valence-electron chi connectivity index (χ3n) is 2.30. The van der Waals surface area contributed by atoms with Gasteiger partial charge < -0.3 is 4.74 Å². The van der Waals surface area contributed by atoms with E-state index in [1.165, 1.54) is 0 Å². The molecule has 0 aliphatic carbocycles. The number of nitrogens with zero attached hydrogens (tertiary/aromatic N) is 1. The van der Waals surface area contributed by atoms with Crippen molar-refractivity contribution >= 4 is 21.9 Å². The molecule has 0 heterocycles. The van der Waals surface area contributed by atoms with Crippen LogP contribution in [-0.2, 0) is 0 Å². The van der Waals surface area contributed by atoms with Crippen molar-refractivity contribution in [1.82, 2.24) is 0 Å². The number of para-hydroxylation sites is 1. The molecule has 0 aliphatic rings. The lowest BCUT2D eigenvalue weighted by atomic mass is 10.2. The van der Waals surface area contributed by atoms with Crippen molar-refractivity contribution in [3.63, 3.8) is 0 Å². The van der Waals surface area contributed by atoms with Crippen molar-refractivity contribution in [1.29, 1.82) is 5.26 Å². The van der Waals surface area contributed by atoms with E-state index in [-0.39, 0.29) is 5.75 Å². The maximum absolute atomic E-state index is 11.9. The Morgan fingerprint density at radius 2 is 1.78 bits per heavy atom. The average Bonchev–Trinajstić information content (AvgIpc) is 2.39. The number of hydrogen-bond acceptors (Lipinski definition) is 3. The predicted molar refractivity (Wildman–Crippen MR) is 70.3 cm³/mol. The van der Waals surface area contributed by atoms with E-state index in [2.05, 4.69) is 15.9 Å². The van der Waals surface area contributed by atoms with Crippen molar-refractivity contribution in [2.75, 3.05) is 0 Å². The Bertz CT molecular complexity index is 632. The van der Waals surface area contributed by atoms with Gasteiger partial charge in [-0.3, -0.25) is 0 Å². The van der Waals surface area contributed by atoms with Crippen LogP contribution in [0.5, 0.6) is 5.75 Å². The van der Waals surface area contributed by atoms with E-state index in [1.807, 2.05) is 12.1 Å². The monoisotopic (exact) mass is 301 g/mol. The number of esters is 1. The summed E-state index contributed by atoms with van der Waals surface area (Å²) < 4.78 is 5.87. The highest BCUT2D eigenvalue weighted by atomic mass is 79.9. The lowest BCUT2D eigenvalue weighted by molar-refractivity contribution is 0.0733. The van der Waals surface area contributed by atoms with E-state index >= 15 is 0 Å². The van der Waals surface area contributed by atoms with Crippen LogP contribution < -0.4 is 4.74 Å². The van der Waals surface area contributed by atoms with Crippen LogP contribution in [0.15, 0.2) is 53.0 Å². The van der Waals surface area contributed by atoms with Crippen LogP contribution in [0.1, 0.15) is 15.9 Å². The Morgan fingerprint density at radius 1 is 1.11 bits per heavy atom. The first kappa shape index (κ1) is 12.3. The molecule has 0 saturated carbocycles. The van der Waals surface area contributed by atoms with Crippen LogP contribution in [-0.4, -0.2) is 5.97 Å². The maximum atomic E-state index is 11.9. The molecule has 2 aromatic carbocycles. The minimum atomic E-state index is -0.495. The van der Waals surface area contributed by atoms with Gasteiger partial charge in [0, 0.05) is 4.47 Å². The van der Waals surface area contributed by atoms with Crippen molar-refractivity contribution in [3.05, 3.63) is 64.1 Å². The number of ether oxygens (including phenoxy) is 1. The summed E-state index contributed by atoms with van der Waals surface area (Å²) in [4.78, 5) is 11.9. The van der Waals surface area contributed by atoms with Crippen LogP contribution >= 0.6 is 15.9 Å². The van der Waals surface area contributed by atoms with Crippen molar-refractivity contribution in [3.8, 4) is 11.8 Å². The van der Waals surface area contributed by atoms with Crippen LogP contribution in [0.2, 0.25) is 0 Å². The van der Waals surface area contributed by atoms with Crippen LogP contribution in [0.3, 0.4) is 0 Å². The number of hydrogen-bond donors (Lipinski definition) is 0. The SMILES string of the molecule is N#Cc1ccccc1OC(=O)c1ccccc1Br. The summed E-state index contributed by atoms with van der Waals surface area (Å²) in [6.45, 7) is 0. The molecule has 0 aliphatic heterocycles. The lowest BCUT2D eigenvalue weighted by Crippen LogP contribution is -2.09. The first-order valence-corrected chi connectivity index (χ1v) is 5.97. The Balaban J connectivity index is 2.28. The van der Waals surface area contributed by atoms with Gasteiger partial charge in [0.25, 0.3) is 0 Å². The molecule has 0 unspecified atom stereocenters. The van der Waals surface area contributed by atoms with Gasteiger partial charge in [0.15, 0.2) is 0 Å². The number of carbonyl (C=O) groups excluding carboxylic acids is 1. The highest BCUT2D eigenvalue weighted by molar-refractivity contribution is 9.10. The Labute approximate surface area is 113 Å². The van der Waals surface area contributed by atoms with Gasteiger partial charge in [-0.25, -0.2) is 4.79 Å². The van der Waals surface area contributed by atoms with Gasteiger partial charge in [0.05, 0.1) is 11.1 Å². The normalized spacial score (nSPS) is 9.56. The zero-order valence-corrected chi connectivity index (χ0v) is 10.8. The number of halogens is 1. The summed E-state index contributed by atoms with van der Waals surface area (Å²) >= 11 is 3.28. The predicted octanol–water partition coefficient (Wildman–Crippen LogP) is 3.54. The van der Waals surface area contributed by atoms with Crippen LogP contribution in [0.25, 0.3) is 0 Å². The molecule has 2 aromatic rings. The standard InChI is InChI=1S/C14H8BrNO2/c15-12-7-3-2-6-11(12)14(17)18-13-8-4-1-5-10(13)9-16/h1-8H. The summed E-state index contributed by atoms with van der Waals surface area (Å²) in [6.07, 6.45) is 0. The largest absolute Gasteiger partial charge is 0.421 e. The fraction of sp³-hybridized carbons (Fsp3) is 0. The van der Waals surface area contributed by atoms with Crippen LogP contribution in [0.4, 0.5) is 0 Å². The van der Waals surface area contributed by atoms with Crippen LogP contribution in [0, 0.1) is 11.3 Å². The molecule has 0 radical (unpaired) electrons. The molecule has 0 aromatic heterocycles. The third-order valence-corrected chi connectivity index (χ3v) is 3.00. The zero-order chi connectivity index (χ0) is 13.0. The molecule has 0 bridgehead atoms. The highest BCUT2D eigenvalue weighted by Gasteiger charge is 2.13. The average molecular weight is 302 g/mol. The summed E-state index contributed by atoms with van der Waals surface area (Å²) in [5.74, 6) is -0.231. The molecule has 0 atom stereocenters. The van der Waals surface area contributed by atoms with Crippen molar-refractivity contribution in [2.45, 2.75) is 0 Å². The van der Waals surface area contributed by atoms with E-state index < -0.39 is 5.97 Å². The van der Waals surface area contributed by atoms with E-state index in [1.54, 1.807) is 42.5 Å². The summed E-state index contributed by atoms with van der Waals surface area (Å²) in [5.41, 5.74) is 0.753. The molecule has 0 fully saturated rings. The van der Waals surface area contributed by atoms with Gasteiger partial charge in [-0.15, -0.1) is 0 Å². The second-order valence-electron chi connectivity index (χ2n) is 3.48. The van der Waals surface area contributed by atoms with Gasteiger partial charge in [-0.1, -0.05) is 24.3 Å². The maximum Gasteiger partial charge on any atom is 0.344 e. The first-order valence-electron chi connectivity index (χ1n) is 5.18. The second kappa shape index (κ2) is 5.48. The minimum absolute atomic E-state index is 0.265. The molecular weight excluding hydrogens is 294 g/mol. The van der Waals surface area contributed by atoms with E-state index in [0.29, 0.717) is 15.6 Å². The molecule has 88 valence electrons. The molecule has 4 heteroatoms. The number of rotatable bonds is 2. The molecule has 0 spiro atoms. The fourth-order valence-electron chi connectivity index (χ4n) is 1.43. The third kappa shape index (κ3) is 2.58. The lowest BCUT2D eigenvalue weighted by Gasteiger charge is -2.06. The van der Waals surface area contributed by atoms with Gasteiger partial charge in [-0.05, 0) is 40.2 Å². The van der Waals surface area contributed by atoms with E-state index in [0.717, 1.165) is 0 Å². The Hall–Kier alpha value is -2.12. The number of benzene rings is 2. The van der Waals surface area contributed by atoms with E-state index in [9.17, 15) is 4.79 Å². The molecule has 2 rings (SSSR count). The number of carbonyl (C=O) groups is 1. The van der Waals surface area contributed by atoms with Gasteiger partial charge in [-0.2, -0.15) is 5.26 Å². The smallest absolute Gasteiger partial charge is 0.344 e. The summed E-state index contributed by atoms with van der Waals surface area (Å²) in [7, 11) is 0. The Kier molecular flexibility index (Phi) is 3.75. The van der Waals surface area contributed by atoms with Gasteiger partial charge >= 0.3 is 5.97 Å². The zero-order valence-electron chi connectivity index (χ0n) is 9.26. The molecule has 0 amide bonds. The quantitative estimate of drug-likeness (QED) is 0.630. The molecular formula is C14H8BrNO2. The summed E-state index contributed by atoms with van der Waals surface area (Å²) in [6, 6.07) is 15.6. The molecule has 18 heavy (non-hydrogen) atoms. The Morgan fingerprint density at radius 3 is 2.50 bits per heavy atom. The number of nitriles is 1. The van der Waals surface area contributed by atoms with Gasteiger partial charge in [0.2, 0.25) is 0 Å². The van der Waals surface area contributed by atoms with Crippen molar-refractivity contribution in [2.24, 2.45) is 0 Å². The van der Waals surface area contributed by atoms with Gasteiger partial charge in [0.1, 0.15) is 11.8 Å². The fourth-order valence-corrected chi connectivity index (χ4v) is 1.88. The summed E-state index contributed by atoms with van der Waals surface area (Å²) in [5, 5.41) is 8.91. The van der Waals surface area contributed by atoms with E-state index in [4.69, 9.17) is 10.00 Å². The first-order chi connectivity index (χ1) is 8.72. The second-order valence-corrected chi connectivity index (χ2v) is 4.33. The van der Waals surface area contributed by atoms with Crippen molar-refractivity contribution < 1.29 is 9.53 Å².